The maximum absolute atomic E-state index is 8.53. The van der Waals surface area contributed by atoms with Gasteiger partial charge in [0.15, 0.2) is 0 Å². The number of hydrogen-bond acceptors (Lipinski definition) is 2. The van der Waals surface area contributed by atoms with Crippen molar-refractivity contribution in [2.24, 2.45) is 11.1 Å². The Morgan fingerprint density at radius 3 is 2.09 bits per heavy atom. The van der Waals surface area contributed by atoms with Gasteiger partial charge in [0.1, 0.15) is 0 Å². The SMILES string of the molecule is CC(C)(C)C(N)CCCO.O. The third kappa shape index (κ3) is 6.28. The molecule has 1 unspecified atom stereocenters. The number of hydrogen-bond donors (Lipinski definition) is 2. The van der Waals surface area contributed by atoms with Gasteiger partial charge in [-0.25, -0.2) is 0 Å². The predicted molar refractivity (Wildman–Crippen MR) is 47.4 cm³/mol. The Morgan fingerprint density at radius 2 is 1.82 bits per heavy atom. The highest BCUT2D eigenvalue weighted by molar-refractivity contribution is 4.76. The number of rotatable bonds is 3. The van der Waals surface area contributed by atoms with E-state index in [1.807, 2.05) is 0 Å². The highest BCUT2D eigenvalue weighted by atomic mass is 16.2. The topological polar surface area (TPSA) is 77.8 Å². The summed E-state index contributed by atoms with van der Waals surface area (Å²) in [5.41, 5.74) is 6.00. The molecule has 0 aliphatic heterocycles. The molecule has 5 N–H and O–H groups in total. The van der Waals surface area contributed by atoms with Crippen LogP contribution in [0.25, 0.3) is 0 Å². The van der Waals surface area contributed by atoms with Crippen LogP contribution in [0.2, 0.25) is 0 Å². The van der Waals surface area contributed by atoms with Crippen molar-refractivity contribution in [1.29, 1.82) is 0 Å². The van der Waals surface area contributed by atoms with E-state index in [0.29, 0.717) is 0 Å². The van der Waals surface area contributed by atoms with Gasteiger partial charge < -0.3 is 16.3 Å². The summed E-state index contributed by atoms with van der Waals surface area (Å²) in [6.07, 6.45) is 1.73. The second kappa shape index (κ2) is 5.52. The van der Waals surface area contributed by atoms with Crippen LogP contribution in [0.4, 0.5) is 0 Å². The summed E-state index contributed by atoms with van der Waals surface area (Å²) in [5, 5.41) is 8.53. The third-order valence-electron chi connectivity index (χ3n) is 1.79. The maximum Gasteiger partial charge on any atom is 0.0431 e. The first kappa shape index (κ1) is 13.5. The van der Waals surface area contributed by atoms with Crippen LogP contribution in [0.3, 0.4) is 0 Å². The Balaban J connectivity index is 0. The van der Waals surface area contributed by atoms with Crippen molar-refractivity contribution in [2.75, 3.05) is 6.61 Å². The zero-order valence-corrected chi connectivity index (χ0v) is 7.72. The average Bonchev–Trinajstić information content (AvgIpc) is 1.80. The van der Waals surface area contributed by atoms with Gasteiger partial charge in [0.05, 0.1) is 0 Å². The van der Waals surface area contributed by atoms with Crippen molar-refractivity contribution in [2.45, 2.75) is 39.7 Å². The molecule has 11 heavy (non-hydrogen) atoms. The normalized spacial score (nSPS) is 13.9. The molecular weight excluding hydrogens is 142 g/mol. The Kier molecular flexibility index (Phi) is 6.76. The van der Waals surface area contributed by atoms with Crippen LogP contribution in [0, 0.1) is 5.41 Å². The summed E-state index contributed by atoms with van der Waals surface area (Å²) in [6.45, 7) is 6.61. The van der Waals surface area contributed by atoms with E-state index in [9.17, 15) is 0 Å². The minimum Gasteiger partial charge on any atom is -0.412 e. The van der Waals surface area contributed by atoms with E-state index in [4.69, 9.17) is 10.8 Å². The van der Waals surface area contributed by atoms with Crippen LogP contribution < -0.4 is 5.73 Å². The van der Waals surface area contributed by atoms with Crippen LogP contribution in [-0.4, -0.2) is 23.2 Å². The van der Waals surface area contributed by atoms with Gasteiger partial charge in [0, 0.05) is 12.6 Å². The molecule has 0 heterocycles. The quantitative estimate of drug-likeness (QED) is 0.628. The lowest BCUT2D eigenvalue weighted by atomic mass is 9.85. The van der Waals surface area contributed by atoms with Crippen LogP contribution in [0.15, 0.2) is 0 Å². The fourth-order valence-electron chi connectivity index (χ4n) is 0.744. The molecule has 0 aromatic carbocycles. The Bertz CT molecular complexity index is 88.6. The smallest absolute Gasteiger partial charge is 0.0431 e. The van der Waals surface area contributed by atoms with Gasteiger partial charge in [-0.2, -0.15) is 0 Å². The van der Waals surface area contributed by atoms with Gasteiger partial charge in [-0.05, 0) is 18.3 Å². The molecule has 0 saturated carbocycles. The summed E-state index contributed by atoms with van der Waals surface area (Å²) in [7, 11) is 0. The van der Waals surface area contributed by atoms with Crippen LogP contribution >= 0.6 is 0 Å². The molecule has 0 aliphatic carbocycles. The van der Waals surface area contributed by atoms with Crippen molar-refractivity contribution in [3.8, 4) is 0 Å². The lowest BCUT2D eigenvalue weighted by Crippen LogP contribution is -2.34. The van der Waals surface area contributed by atoms with E-state index >= 15 is 0 Å². The largest absolute Gasteiger partial charge is 0.412 e. The van der Waals surface area contributed by atoms with Crippen LogP contribution in [0.5, 0.6) is 0 Å². The summed E-state index contributed by atoms with van der Waals surface area (Å²) < 4.78 is 0. The van der Waals surface area contributed by atoms with E-state index in [-0.39, 0.29) is 23.5 Å². The van der Waals surface area contributed by atoms with E-state index in [1.165, 1.54) is 0 Å². The predicted octanol–water partition coefficient (Wildman–Crippen LogP) is 0.308. The molecule has 0 radical (unpaired) electrons. The Hall–Kier alpha value is -0.120. The molecule has 0 aliphatic rings. The molecule has 0 aromatic rings. The molecule has 0 amide bonds. The second-order valence-corrected chi connectivity index (χ2v) is 3.84. The molecule has 0 aromatic heterocycles. The first-order valence-corrected chi connectivity index (χ1v) is 3.85. The zero-order valence-electron chi connectivity index (χ0n) is 7.72. The van der Waals surface area contributed by atoms with Crippen LogP contribution in [-0.2, 0) is 0 Å². The molecule has 0 fully saturated rings. The van der Waals surface area contributed by atoms with E-state index in [0.717, 1.165) is 12.8 Å². The van der Waals surface area contributed by atoms with Gasteiger partial charge in [0.25, 0.3) is 0 Å². The highest BCUT2D eigenvalue weighted by Gasteiger charge is 2.19. The summed E-state index contributed by atoms with van der Waals surface area (Å²) in [4.78, 5) is 0. The Morgan fingerprint density at radius 1 is 1.36 bits per heavy atom. The molecule has 1 atom stereocenters. The van der Waals surface area contributed by atoms with Gasteiger partial charge in [-0.15, -0.1) is 0 Å². The zero-order chi connectivity index (χ0) is 8.20. The summed E-state index contributed by atoms with van der Waals surface area (Å²) in [5.74, 6) is 0. The molecule has 70 valence electrons. The van der Waals surface area contributed by atoms with E-state index in [1.54, 1.807) is 0 Å². The first-order valence-electron chi connectivity index (χ1n) is 3.85. The molecule has 0 spiro atoms. The summed E-state index contributed by atoms with van der Waals surface area (Å²) in [6, 6.07) is 0.208. The van der Waals surface area contributed by atoms with E-state index in [2.05, 4.69) is 20.8 Å². The maximum atomic E-state index is 8.53. The molecule has 3 heteroatoms. The standard InChI is InChI=1S/C8H19NO.H2O/c1-8(2,3)7(9)5-4-6-10;/h7,10H,4-6,9H2,1-3H3;1H2. The van der Waals surface area contributed by atoms with Gasteiger partial charge >= 0.3 is 0 Å². The lowest BCUT2D eigenvalue weighted by Gasteiger charge is -2.26. The third-order valence-corrected chi connectivity index (χ3v) is 1.79. The Labute approximate surface area is 68.9 Å². The first-order chi connectivity index (χ1) is 4.48. The molecular formula is C8H21NO2. The van der Waals surface area contributed by atoms with Gasteiger partial charge in [-0.3, -0.25) is 0 Å². The fourth-order valence-corrected chi connectivity index (χ4v) is 0.744. The number of nitrogens with two attached hydrogens (primary N) is 1. The minimum atomic E-state index is 0. The number of aliphatic hydroxyl groups is 1. The van der Waals surface area contributed by atoms with E-state index < -0.39 is 0 Å². The lowest BCUT2D eigenvalue weighted by molar-refractivity contribution is 0.248. The van der Waals surface area contributed by atoms with Crippen molar-refractivity contribution in [3.05, 3.63) is 0 Å². The molecule has 0 bridgehead atoms. The monoisotopic (exact) mass is 163 g/mol. The summed E-state index contributed by atoms with van der Waals surface area (Å²) >= 11 is 0. The van der Waals surface area contributed by atoms with Crippen molar-refractivity contribution >= 4 is 0 Å². The minimum absolute atomic E-state index is 0. The van der Waals surface area contributed by atoms with Gasteiger partial charge in [0.2, 0.25) is 0 Å². The van der Waals surface area contributed by atoms with Crippen LogP contribution in [0.1, 0.15) is 33.6 Å². The van der Waals surface area contributed by atoms with Gasteiger partial charge in [-0.1, -0.05) is 20.8 Å². The fraction of sp³-hybridized carbons (Fsp3) is 1.00. The van der Waals surface area contributed by atoms with Crippen molar-refractivity contribution < 1.29 is 10.6 Å². The molecule has 0 rings (SSSR count). The highest BCUT2D eigenvalue weighted by Crippen LogP contribution is 2.20. The molecule has 3 nitrogen and oxygen atoms in total. The average molecular weight is 163 g/mol. The van der Waals surface area contributed by atoms with Crippen molar-refractivity contribution in [1.82, 2.24) is 0 Å². The molecule has 0 saturated heterocycles. The number of aliphatic hydroxyl groups excluding tert-OH is 1. The second-order valence-electron chi connectivity index (χ2n) is 3.84. The van der Waals surface area contributed by atoms with Crippen molar-refractivity contribution in [3.63, 3.8) is 0 Å².